The minimum absolute atomic E-state index is 0.00320. The molecule has 3 fully saturated rings. The van der Waals surface area contributed by atoms with Crippen LogP contribution in [0.25, 0.3) is 0 Å². The Morgan fingerprint density at radius 2 is 1.96 bits per heavy atom. The number of amides is 1. The van der Waals surface area contributed by atoms with E-state index in [9.17, 15) is 18.3 Å². The Bertz CT molecular complexity index is 560. The number of carbonyl (C=O) groups is 1. The van der Waals surface area contributed by atoms with Crippen molar-refractivity contribution < 1.29 is 23.1 Å². The lowest BCUT2D eigenvalue weighted by Gasteiger charge is -2.44. The van der Waals surface area contributed by atoms with Gasteiger partial charge in [-0.15, -0.1) is 0 Å². The first-order valence-corrected chi connectivity index (χ1v) is 10.1. The highest BCUT2D eigenvalue weighted by Gasteiger charge is 2.52. The Hall–Kier alpha value is -0.700. The minimum Gasteiger partial charge on any atom is -0.396 e. The topological polar surface area (TPSA) is 87.2 Å². The van der Waals surface area contributed by atoms with E-state index in [4.69, 9.17) is 4.74 Å². The van der Waals surface area contributed by atoms with Crippen LogP contribution in [0.3, 0.4) is 0 Å². The van der Waals surface area contributed by atoms with Crippen molar-refractivity contribution in [1.29, 1.82) is 0 Å². The Morgan fingerprint density at radius 3 is 2.57 bits per heavy atom. The van der Waals surface area contributed by atoms with Crippen molar-refractivity contribution in [2.24, 2.45) is 17.3 Å². The first-order valence-electron chi connectivity index (χ1n) is 8.28. The monoisotopic (exact) mass is 346 g/mol. The molecule has 0 aliphatic carbocycles. The van der Waals surface area contributed by atoms with Gasteiger partial charge in [-0.2, -0.15) is 0 Å². The summed E-state index contributed by atoms with van der Waals surface area (Å²) in [7, 11) is -3.26. The molecule has 2 atom stereocenters. The largest absolute Gasteiger partial charge is 0.396 e. The quantitative estimate of drug-likeness (QED) is 0.745. The van der Waals surface area contributed by atoms with Crippen molar-refractivity contribution in [3.63, 3.8) is 0 Å². The normalized spacial score (nSPS) is 33.7. The molecule has 132 valence electrons. The number of carbonyl (C=O) groups excluding carboxylic acids is 1. The van der Waals surface area contributed by atoms with E-state index in [1.54, 1.807) is 0 Å². The molecule has 0 saturated carbocycles. The summed E-state index contributed by atoms with van der Waals surface area (Å²) in [5.74, 6) is 0.266. The zero-order valence-electron chi connectivity index (χ0n) is 13.6. The van der Waals surface area contributed by atoms with Crippen molar-refractivity contribution in [3.05, 3.63) is 0 Å². The third kappa shape index (κ3) is 3.26. The second-order valence-corrected chi connectivity index (χ2v) is 9.19. The Balaban J connectivity index is 1.73. The second-order valence-electron chi connectivity index (χ2n) is 7.21. The smallest absolute Gasteiger partial charge is 0.225 e. The summed E-state index contributed by atoms with van der Waals surface area (Å²) in [4.78, 5) is 14.6. The van der Waals surface area contributed by atoms with Gasteiger partial charge in [0.2, 0.25) is 15.9 Å². The first kappa shape index (κ1) is 17.1. The van der Waals surface area contributed by atoms with E-state index in [2.05, 4.69) is 0 Å². The maximum absolute atomic E-state index is 12.7. The Morgan fingerprint density at radius 1 is 1.26 bits per heavy atom. The van der Waals surface area contributed by atoms with Gasteiger partial charge >= 0.3 is 0 Å². The predicted octanol–water partition coefficient (Wildman–Crippen LogP) is -0.485. The van der Waals surface area contributed by atoms with Gasteiger partial charge in [0.1, 0.15) is 0 Å². The highest BCUT2D eigenvalue weighted by molar-refractivity contribution is 7.88. The highest BCUT2D eigenvalue weighted by atomic mass is 32.2. The standard InChI is InChI=1S/C15H26N2O5S/c1-23(20,21)17-8-13-2-5-16(9-15(13,10-17)11-18)14(19)12-3-6-22-7-4-12/h12-13,18H,2-11H2,1H3. The van der Waals surface area contributed by atoms with Crippen LogP contribution >= 0.6 is 0 Å². The highest BCUT2D eigenvalue weighted by Crippen LogP contribution is 2.43. The fourth-order valence-electron chi connectivity index (χ4n) is 4.20. The van der Waals surface area contributed by atoms with E-state index < -0.39 is 15.4 Å². The van der Waals surface area contributed by atoms with E-state index in [1.165, 1.54) is 10.6 Å². The molecule has 3 saturated heterocycles. The molecule has 3 rings (SSSR count). The molecule has 8 heteroatoms. The molecule has 0 bridgehead atoms. The summed E-state index contributed by atoms with van der Waals surface area (Å²) in [6, 6.07) is 0. The van der Waals surface area contributed by atoms with E-state index in [1.807, 2.05) is 4.90 Å². The van der Waals surface area contributed by atoms with Crippen LogP contribution < -0.4 is 0 Å². The molecule has 1 N–H and O–H groups in total. The zero-order chi connectivity index (χ0) is 16.7. The molecule has 3 heterocycles. The molecule has 3 aliphatic heterocycles. The molecule has 0 aromatic carbocycles. The second kappa shape index (κ2) is 6.31. The molecule has 7 nitrogen and oxygen atoms in total. The molecule has 0 aromatic rings. The summed E-state index contributed by atoms with van der Waals surface area (Å²) in [6.07, 6.45) is 3.46. The van der Waals surface area contributed by atoms with Gasteiger partial charge in [-0.05, 0) is 25.2 Å². The number of hydrogen-bond acceptors (Lipinski definition) is 5. The number of sulfonamides is 1. The summed E-state index contributed by atoms with van der Waals surface area (Å²) in [6.45, 7) is 3.04. The average Bonchev–Trinajstić information content (AvgIpc) is 2.94. The van der Waals surface area contributed by atoms with Gasteiger partial charge < -0.3 is 14.7 Å². The maximum Gasteiger partial charge on any atom is 0.225 e. The summed E-state index contributed by atoms with van der Waals surface area (Å²) in [5, 5.41) is 9.97. The first-order chi connectivity index (χ1) is 10.9. The third-order valence-corrected chi connectivity index (χ3v) is 6.92. The summed E-state index contributed by atoms with van der Waals surface area (Å²) < 4.78 is 30.5. The fraction of sp³-hybridized carbons (Fsp3) is 0.933. The van der Waals surface area contributed by atoms with Crippen molar-refractivity contribution in [1.82, 2.24) is 9.21 Å². The van der Waals surface area contributed by atoms with Gasteiger partial charge in [0.15, 0.2) is 0 Å². The molecule has 1 amide bonds. The minimum atomic E-state index is -3.26. The number of fused-ring (bicyclic) bond motifs is 1. The fourth-order valence-corrected chi connectivity index (χ4v) is 5.15. The molecule has 2 unspecified atom stereocenters. The molecule has 0 radical (unpaired) electrons. The maximum atomic E-state index is 12.7. The van der Waals surface area contributed by atoms with E-state index in [-0.39, 0.29) is 24.3 Å². The number of likely N-dealkylation sites (tertiary alicyclic amines) is 1. The lowest BCUT2D eigenvalue weighted by molar-refractivity contribution is -0.143. The van der Waals surface area contributed by atoms with Gasteiger partial charge in [0.25, 0.3) is 0 Å². The van der Waals surface area contributed by atoms with Crippen LogP contribution in [0.1, 0.15) is 19.3 Å². The van der Waals surface area contributed by atoms with E-state index in [0.717, 1.165) is 19.3 Å². The molecule has 3 aliphatic rings. The van der Waals surface area contributed by atoms with Gasteiger partial charge in [-0.25, -0.2) is 12.7 Å². The van der Waals surface area contributed by atoms with Crippen molar-refractivity contribution >= 4 is 15.9 Å². The van der Waals surface area contributed by atoms with Crippen LogP contribution in [0, 0.1) is 17.3 Å². The Kier molecular flexibility index (Phi) is 4.70. The molecular formula is C15H26N2O5S. The SMILES string of the molecule is CS(=O)(=O)N1CC2CCN(C(=O)C3CCOCC3)CC2(CO)C1. The van der Waals surface area contributed by atoms with Gasteiger partial charge in [-0.1, -0.05) is 0 Å². The zero-order valence-corrected chi connectivity index (χ0v) is 14.4. The van der Waals surface area contributed by atoms with Crippen molar-refractivity contribution in [2.45, 2.75) is 19.3 Å². The predicted molar refractivity (Wildman–Crippen MR) is 84.2 cm³/mol. The van der Waals surface area contributed by atoms with Crippen LogP contribution in [0.15, 0.2) is 0 Å². The van der Waals surface area contributed by atoms with Gasteiger partial charge in [0.05, 0.1) is 12.9 Å². The molecule has 0 spiro atoms. The molecular weight excluding hydrogens is 320 g/mol. The van der Waals surface area contributed by atoms with E-state index in [0.29, 0.717) is 39.4 Å². The summed E-state index contributed by atoms with van der Waals surface area (Å²) >= 11 is 0. The number of aliphatic hydroxyl groups excluding tert-OH is 1. The number of piperidine rings is 1. The number of nitrogens with zero attached hydrogens (tertiary/aromatic N) is 2. The van der Waals surface area contributed by atoms with Gasteiger partial charge in [-0.3, -0.25) is 4.79 Å². The third-order valence-electron chi connectivity index (χ3n) is 5.70. The van der Waals surface area contributed by atoms with Crippen molar-refractivity contribution in [3.8, 4) is 0 Å². The summed E-state index contributed by atoms with van der Waals surface area (Å²) in [5.41, 5.74) is -0.512. The number of aliphatic hydroxyl groups is 1. The number of rotatable bonds is 3. The van der Waals surface area contributed by atoms with Crippen LogP contribution in [0.5, 0.6) is 0 Å². The lowest BCUT2D eigenvalue weighted by atomic mass is 9.73. The molecule has 23 heavy (non-hydrogen) atoms. The number of hydrogen-bond donors (Lipinski definition) is 1. The average molecular weight is 346 g/mol. The van der Waals surface area contributed by atoms with Crippen LogP contribution in [-0.4, -0.2) is 80.9 Å². The molecule has 0 aromatic heterocycles. The van der Waals surface area contributed by atoms with Crippen LogP contribution in [0.2, 0.25) is 0 Å². The Labute approximate surface area is 137 Å². The van der Waals surface area contributed by atoms with Crippen LogP contribution in [0.4, 0.5) is 0 Å². The van der Waals surface area contributed by atoms with Gasteiger partial charge in [0, 0.05) is 50.7 Å². The lowest BCUT2D eigenvalue weighted by Crippen LogP contribution is -2.54. The van der Waals surface area contributed by atoms with E-state index >= 15 is 0 Å². The van der Waals surface area contributed by atoms with Crippen molar-refractivity contribution in [2.75, 3.05) is 52.3 Å². The number of ether oxygens (including phenoxy) is 1. The van der Waals surface area contributed by atoms with Crippen LogP contribution in [-0.2, 0) is 19.6 Å².